The molecule has 1 aliphatic carbocycles. The van der Waals surface area contributed by atoms with E-state index < -0.39 is 0 Å². The fraction of sp³-hybridized carbons (Fsp3) is 0.846. The molecule has 0 aromatic heterocycles. The number of hydrogen-bond donors (Lipinski definition) is 1. The second-order valence-corrected chi connectivity index (χ2v) is 5.16. The van der Waals surface area contributed by atoms with E-state index in [1.54, 1.807) is 0 Å². The van der Waals surface area contributed by atoms with E-state index in [1.165, 1.54) is 12.8 Å². The SMILES string of the molecule is CCCC1CC1N1CCC(=O)NC(CC)C1=O. The fourth-order valence-electron chi connectivity index (χ4n) is 2.76. The van der Waals surface area contributed by atoms with E-state index in [4.69, 9.17) is 0 Å². The lowest BCUT2D eigenvalue weighted by Gasteiger charge is -2.23. The average Bonchev–Trinajstić information content (AvgIpc) is 3.06. The molecule has 1 saturated heterocycles. The van der Waals surface area contributed by atoms with Crippen LogP contribution in [0.15, 0.2) is 0 Å². The van der Waals surface area contributed by atoms with Gasteiger partial charge in [0.2, 0.25) is 11.8 Å². The minimum Gasteiger partial charge on any atom is -0.344 e. The molecule has 2 amide bonds. The van der Waals surface area contributed by atoms with Gasteiger partial charge in [-0.25, -0.2) is 0 Å². The van der Waals surface area contributed by atoms with Crippen LogP contribution in [-0.4, -0.2) is 35.3 Å². The Morgan fingerprint density at radius 1 is 1.35 bits per heavy atom. The van der Waals surface area contributed by atoms with Crippen LogP contribution in [0.25, 0.3) is 0 Å². The second kappa shape index (κ2) is 5.07. The first-order valence-corrected chi connectivity index (χ1v) is 6.77. The van der Waals surface area contributed by atoms with Crippen molar-refractivity contribution in [3.05, 3.63) is 0 Å². The Bertz CT molecular complexity index is 317. The van der Waals surface area contributed by atoms with Crippen LogP contribution in [0.4, 0.5) is 0 Å². The minimum absolute atomic E-state index is 0.0143. The predicted molar refractivity (Wildman–Crippen MR) is 65.4 cm³/mol. The number of nitrogens with one attached hydrogen (secondary N) is 1. The molecule has 0 aromatic rings. The van der Waals surface area contributed by atoms with Crippen LogP contribution in [0, 0.1) is 5.92 Å². The summed E-state index contributed by atoms with van der Waals surface area (Å²) in [4.78, 5) is 25.7. The Hall–Kier alpha value is -1.06. The van der Waals surface area contributed by atoms with Gasteiger partial charge in [0.05, 0.1) is 0 Å². The highest BCUT2D eigenvalue weighted by Gasteiger charge is 2.45. The summed E-state index contributed by atoms with van der Waals surface area (Å²) in [6.07, 6.45) is 4.65. The maximum Gasteiger partial charge on any atom is 0.245 e. The van der Waals surface area contributed by atoms with E-state index >= 15 is 0 Å². The highest BCUT2D eigenvalue weighted by Crippen LogP contribution is 2.40. The summed E-state index contributed by atoms with van der Waals surface area (Å²) in [5.41, 5.74) is 0. The second-order valence-electron chi connectivity index (χ2n) is 5.16. The highest BCUT2D eigenvalue weighted by atomic mass is 16.2. The Kier molecular flexibility index (Phi) is 3.69. The van der Waals surface area contributed by atoms with E-state index in [0.29, 0.717) is 31.3 Å². The molecule has 1 N–H and O–H groups in total. The molecule has 2 fully saturated rings. The standard InChI is InChI=1S/C13H22N2O2/c1-3-5-9-8-11(9)15-7-6-12(16)14-10(4-2)13(15)17/h9-11H,3-8H2,1-2H3,(H,14,16). The van der Waals surface area contributed by atoms with Crippen molar-refractivity contribution in [3.8, 4) is 0 Å². The molecule has 96 valence electrons. The Labute approximate surface area is 103 Å². The maximum atomic E-state index is 12.3. The van der Waals surface area contributed by atoms with Crippen molar-refractivity contribution in [2.45, 2.75) is 58.0 Å². The third kappa shape index (κ3) is 2.61. The Morgan fingerprint density at radius 3 is 2.76 bits per heavy atom. The minimum atomic E-state index is -0.298. The van der Waals surface area contributed by atoms with Crippen LogP contribution in [0.1, 0.15) is 46.0 Å². The lowest BCUT2D eigenvalue weighted by Crippen LogP contribution is -2.45. The summed E-state index contributed by atoms with van der Waals surface area (Å²) < 4.78 is 0. The van der Waals surface area contributed by atoms with E-state index in [9.17, 15) is 9.59 Å². The first kappa shape index (κ1) is 12.4. The normalized spacial score (nSPS) is 33.3. The molecule has 0 aromatic carbocycles. The molecule has 2 rings (SSSR count). The monoisotopic (exact) mass is 238 g/mol. The van der Waals surface area contributed by atoms with Gasteiger partial charge in [0.15, 0.2) is 0 Å². The van der Waals surface area contributed by atoms with E-state index in [-0.39, 0.29) is 17.9 Å². The van der Waals surface area contributed by atoms with Gasteiger partial charge >= 0.3 is 0 Å². The molecule has 2 aliphatic rings. The van der Waals surface area contributed by atoms with Crippen LogP contribution >= 0.6 is 0 Å². The molecular formula is C13H22N2O2. The maximum absolute atomic E-state index is 12.3. The molecule has 0 spiro atoms. The molecule has 4 heteroatoms. The quantitative estimate of drug-likeness (QED) is 0.802. The lowest BCUT2D eigenvalue weighted by atomic mass is 10.2. The number of amides is 2. The molecule has 3 unspecified atom stereocenters. The number of carbonyl (C=O) groups is 2. The number of carbonyl (C=O) groups excluding carboxylic acids is 2. The summed E-state index contributed by atoms with van der Waals surface area (Å²) in [5.74, 6) is 0.817. The third-order valence-corrected chi connectivity index (χ3v) is 3.85. The zero-order valence-corrected chi connectivity index (χ0v) is 10.7. The largest absolute Gasteiger partial charge is 0.344 e. The highest BCUT2D eigenvalue weighted by molar-refractivity contribution is 5.90. The third-order valence-electron chi connectivity index (χ3n) is 3.85. The Morgan fingerprint density at radius 2 is 2.12 bits per heavy atom. The summed E-state index contributed by atoms with van der Waals surface area (Å²) in [7, 11) is 0. The summed E-state index contributed by atoms with van der Waals surface area (Å²) in [6.45, 7) is 4.73. The zero-order valence-electron chi connectivity index (χ0n) is 10.7. The lowest BCUT2D eigenvalue weighted by molar-refractivity contribution is -0.134. The van der Waals surface area contributed by atoms with Crippen molar-refractivity contribution in [3.63, 3.8) is 0 Å². The van der Waals surface area contributed by atoms with E-state index in [0.717, 1.165) is 6.42 Å². The average molecular weight is 238 g/mol. The van der Waals surface area contributed by atoms with Gasteiger partial charge in [-0.2, -0.15) is 0 Å². The van der Waals surface area contributed by atoms with Gasteiger partial charge in [-0.3, -0.25) is 9.59 Å². The van der Waals surface area contributed by atoms with Gasteiger partial charge in [0, 0.05) is 19.0 Å². The van der Waals surface area contributed by atoms with Crippen LogP contribution in [0.5, 0.6) is 0 Å². The topological polar surface area (TPSA) is 49.4 Å². The number of rotatable bonds is 4. The fourth-order valence-corrected chi connectivity index (χ4v) is 2.76. The van der Waals surface area contributed by atoms with Crippen molar-refractivity contribution in [1.82, 2.24) is 10.2 Å². The molecule has 4 nitrogen and oxygen atoms in total. The molecule has 1 heterocycles. The summed E-state index contributed by atoms with van der Waals surface area (Å²) in [6, 6.07) is 0.108. The van der Waals surface area contributed by atoms with Gasteiger partial charge in [-0.1, -0.05) is 20.3 Å². The first-order chi connectivity index (χ1) is 8.17. The molecule has 1 aliphatic heterocycles. The zero-order chi connectivity index (χ0) is 12.4. The van der Waals surface area contributed by atoms with Crippen molar-refractivity contribution < 1.29 is 9.59 Å². The van der Waals surface area contributed by atoms with E-state index in [1.807, 2.05) is 11.8 Å². The van der Waals surface area contributed by atoms with Crippen LogP contribution < -0.4 is 5.32 Å². The van der Waals surface area contributed by atoms with Gasteiger partial charge in [0.1, 0.15) is 6.04 Å². The predicted octanol–water partition coefficient (Wildman–Crippen LogP) is 1.30. The van der Waals surface area contributed by atoms with E-state index in [2.05, 4.69) is 12.2 Å². The van der Waals surface area contributed by atoms with Crippen molar-refractivity contribution in [2.24, 2.45) is 5.92 Å². The van der Waals surface area contributed by atoms with Crippen LogP contribution in [0.2, 0.25) is 0 Å². The smallest absolute Gasteiger partial charge is 0.245 e. The molecule has 1 saturated carbocycles. The first-order valence-electron chi connectivity index (χ1n) is 6.77. The molecular weight excluding hydrogens is 216 g/mol. The van der Waals surface area contributed by atoms with Crippen LogP contribution in [-0.2, 0) is 9.59 Å². The summed E-state index contributed by atoms with van der Waals surface area (Å²) >= 11 is 0. The molecule has 17 heavy (non-hydrogen) atoms. The molecule has 0 radical (unpaired) electrons. The van der Waals surface area contributed by atoms with Crippen molar-refractivity contribution >= 4 is 11.8 Å². The van der Waals surface area contributed by atoms with Gasteiger partial charge in [0.25, 0.3) is 0 Å². The van der Waals surface area contributed by atoms with Gasteiger partial charge < -0.3 is 10.2 Å². The van der Waals surface area contributed by atoms with Gasteiger partial charge in [-0.15, -0.1) is 0 Å². The number of nitrogens with zero attached hydrogens (tertiary/aromatic N) is 1. The Balaban J connectivity index is 2.01. The molecule has 0 bridgehead atoms. The van der Waals surface area contributed by atoms with Crippen molar-refractivity contribution in [2.75, 3.05) is 6.54 Å². The van der Waals surface area contributed by atoms with Crippen molar-refractivity contribution in [1.29, 1.82) is 0 Å². The van der Waals surface area contributed by atoms with Gasteiger partial charge in [-0.05, 0) is 25.2 Å². The summed E-state index contributed by atoms with van der Waals surface area (Å²) in [5, 5.41) is 2.81. The number of hydrogen-bond acceptors (Lipinski definition) is 2. The molecule has 3 atom stereocenters. The van der Waals surface area contributed by atoms with Crippen LogP contribution in [0.3, 0.4) is 0 Å².